The molecule has 19 heavy (non-hydrogen) atoms. The van der Waals surface area contributed by atoms with Gasteiger partial charge in [-0.05, 0) is 24.1 Å². The zero-order valence-corrected chi connectivity index (χ0v) is 10.6. The molecule has 0 spiro atoms. The second-order valence-corrected chi connectivity index (χ2v) is 4.19. The highest BCUT2D eigenvalue weighted by molar-refractivity contribution is 5.92. The first kappa shape index (κ1) is 13.2. The number of halogens is 1. The van der Waals surface area contributed by atoms with Crippen molar-refractivity contribution in [2.75, 3.05) is 0 Å². The quantitative estimate of drug-likeness (QED) is 0.856. The Labute approximate surface area is 111 Å². The van der Waals surface area contributed by atoms with Crippen LogP contribution in [0.1, 0.15) is 35.4 Å². The van der Waals surface area contributed by atoms with Gasteiger partial charge < -0.3 is 5.32 Å². The lowest BCUT2D eigenvalue weighted by Gasteiger charge is -2.17. The summed E-state index contributed by atoms with van der Waals surface area (Å²) in [7, 11) is 0. The van der Waals surface area contributed by atoms with E-state index in [1.807, 2.05) is 37.3 Å². The Morgan fingerprint density at radius 2 is 1.95 bits per heavy atom. The molecule has 1 amide bonds. The first-order chi connectivity index (χ1) is 9.20. The normalized spacial score (nSPS) is 11.9. The summed E-state index contributed by atoms with van der Waals surface area (Å²) in [6, 6.07) is 13.8. The lowest BCUT2D eigenvalue weighted by molar-refractivity contribution is 0.0929. The van der Waals surface area contributed by atoms with Crippen LogP contribution in [0.15, 0.2) is 48.5 Å². The van der Waals surface area contributed by atoms with Gasteiger partial charge in [0.2, 0.25) is 5.95 Å². The fraction of sp³-hybridized carbons (Fsp3) is 0.200. The van der Waals surface area contributed by atoms with Crippen LogP contribution in [0.2, 0.25) is 0 Å². The Bertz CT molecular complexity index is 557. The smallest absolute Gasteiger partial charge is 0.270 e. The molecule has 2 rings (SSSR count). The maximum Gasteiger partial charge on any atom is 0.270 e. The van der Waals surface area contributed by atoms with Crippen molar-refractivity contribution >= 4 is 5.91 Å². The molecule has 2 aromatic rings. The summed E-state index contributed by atoms with van der Waals surface area (Å²) in [4.78, 5) is 15.6. The number of aromatic nitrogens is 1. The fourth-order valence-corrected chi connectivity index (χ4v) is 1.87. The number of carbonyl (C=O) groups excluding carboxylic acids is 1. The second-order valence-electron chi connectivity index (χ2n) is 4.19. The van der Waals surface area contributed by atoms with Crippen LogP contribution in [0.3, 0.4) is 0 Å². The Hall–Kier alpha value is -2.23. The fourth-order valence-electron chi connectivity index (χ4n) is 1.87. The number of nitrogens with zero attached hydrogens (tertiary/aromatic N) is 1. The molecule has 98 valence electrons. The minimum absolute atomic E-state index is 0.0920. The van der Waals surface area contributed by atoms with Crippen LogP contribution in [-0.4, -0.2) is 10.9 Å². The maximum atomic E-state index is 13.0. The minimum atomic E-state index is -0.652. The monoisotopic (exact) mass is 258 g/mol. The van der Waals surface area contributed by atoms with Crippen molar-refractivity contribution in [3.05, 3.63) is 65.7 Å². The molecule has 1 aromatic heterocycles. The number of benzene rings is 1. The minimum Gasteiger partial charge on any atom is -0.344 e. The van der Waals surface area contributed by atoms with Crippen molar-refractivity contribution in [3.8, 4) is 0 Å². The molecule has 1 atom stereocenters. The standard InChI is InChI=1S/C15H15FN2O/c1-2-12(11-7-4-3-5-8-11)18-15(19)13-9-6-10-14(16)17-13/h3-10,12H,2H2,1H3,(H,18,19). The van der Waals surface area contributed by atoms with Crippen molar-refractivity contribution < 1.29 is 9.18 Å². The summed E-state index contributed by atoms with van der Waals surface area (Å²) in [5.41, 5.74) is 1.11. The van der Waals surface area contributed by atoms with Crippen molar-refractivity contribution in [2.24, 2.45) is 0 Å². The first-order valence-electron chi connectivity index (χ1n) is 6.19. The number of amides is 1. The predicted molar refractivity (Wildman–Crippen MR) is 71.1 cm³/mol. The van der Waals surface area contributed by atoms with Crippen molar-refractivity contribution in [1.29, 1.82) is 0 Å². The van der Waals surface area contributed by atoms with Crippen molar-refractivity contribution in [3.63, 3.8) is 0 Å². The summed E-state index contributed by atoms with van der Waals surface area (Å²) in [6.07, 6.45) is 0.755. The molecule has 0 fully saturated rings. The molecular weight excluding hydrogens is 243 g/mol. The molecule has 1 unspecified atom stereocenters. The van der Waals surface area contributed by atoms with Gasteiger partial charge in [-0.2, -0.15) is 4.39 Å². The predicted octanol–water partition coefficient (Wildman–Crippen LogP) is 3.10. The summed E-state index contributed by atoms with van der Waals surface area (Å²) < 4.78 is 13.0. The molecular formula is C15H15FN2O. The lowest BCUT2D eigenvalue weighted by atomic mass is 10.0. The van der Waals surface area contributed by atoms with Crippen LogP contribution in [0.4, 0.5) is 4.39 Å². The highest BCUT2D eigenvalue weighted by atomic mass is 19.1. The van der Waals surface area contributed by atoms with Gasteiger partial charge in [0, 0.05) is 0 Å². The van der Waals surface area contributed by atoms with Crippen LogP contribution in [0.5, 0.6) is 0 Å². The van der Waals surface area contributed by atoms with Gasteiger partial charge >= 0.3 is 0 Å². The molecule has 1 heterocycles. The SMILES string of the molecule is CCC(NC(=O)c1cccc(F)n1)c1ccccc1. The highest BCUT2D eigenvalue weighted by Crippen LogP contribution is 2.16. The van der Waals surface area contributed by atoms with Gasteiger partial charge in [-0.25, -0.2) is 4.98 Å². The van der Waals surface area contributed by atoms with E-state index in [0.29, 0.717) is 0 Å². The summed E-state index contributed by atoms with van der Waals surface area (Å²) in [6.45, 7) is 1.98. The number of carbonyl (C=O) groups is 1. The number of nitrogens with one attached hydrogen (secondary N) is 1. The molecule has 1 aromatic carbocycles. The van der Waals surface area contributed by atoms with Gasteiger partial charge in [-0.1, -0.05) is 43.3 Å². The van der Waals surface area contributed by atoms with E-state index in [0.717, 1.165) is 12.0 Å². The van der Waals surface area contributed by atoms with E-state index >= 15 is 0 Å². The second kappa shape index (κ2) is 6.09. The molecule has 0 radical (unpaired) electrons. The number of hydrogen-bond acceptors (Lipinski definition) is 2. The topological polar surface area (TPSA) is 42.0 Å². The van der Waals surface area contributed by atoms with E-state index in [9.17, 15) is 9.18 Å². The Morgan fingerprint density at radius 3 is 2.58 bits per heavy atom. The van der Waals surface area contributed by atoms with E-state index in [-0.39, 0.29) is 17.6 Å². The third kappa shape index (κ3) is 3.37. The third-order valence-corrected chi connectivity index (χ3v) is 2.86. The molecule has 4 heteroatoms. The zero-order chi connectivity index (χ0) is 13.7. The summed E-state index contributed by atoms with van der Waals surface area (Å²) >= 11 is 0. The van der Waals surface area contributed by atoms with Gasteiger partial charge in [0.05, 0.1) is 6.04 Å². The van der Waals surface area contributed by atoms with Crippen molar-refractivity contribution in [1.82, 2.24) is 10.3 Å². The van der Waals surface area contributed by atoms with E-state index in [4.69, 9.17) is 0 Å². The number of hydrogen-bond donors (Lipinski definition) is 1. The maximum absolute atomic E-state index is 13.0. The zero-order valence-electron chi connectivity index (χ0n) is 10.6. The molecule has 1 N–H and O–H groups in total. The number of rotatable bonds is 4. The van der Waals surface area contributed by atoms with Gasteiger partial charge in [-0.15, -0.1) is 0 Å². The van der Waals surface area contributed by atoms with Gasteiger partial charge in [0.25, 0.3) is 5.91 Å². The van der Waals surface area contributed by atoms with Gasteiger partial charge in [0.15, 0.2) is 0 Å². The number of pyridine rings is 1. The van der Waals surface area contributed by atoms with E-state index in [1.54, 1.807) is 0 Å². The Morgan fingerprint density at radius 1 is 1.21 bits per heavy atom. The van der Waals surface area contributed by atoms with Crippen LogP contribution in [0, 0.1) is 5.95 Å². The first-order valence-corrected chi connectivity index (χ1v) is 6.19. The Balaban J connectivity index is 2.13. The lowest BCUT2D eigenvalue weighted by Crippen LogP contribution is -2.29. The van der Waals surface area contributed by atoms with Crippen LogP contribution in [-0.2, 0) is 0 Å². The van der Waals surface area contributed by atoms with Gasteiger partial charge in [-0.3, -0.25) is 4.79 Å². The van der Waals surface area contributed by atoms with Gasteiger partial charge in [0.1, 0.15) is 5.69 Å². The molecule has 0 bridgehead atoms. The highest BCUT2D eigenvalue weighted by Gasteiger charge is 2.14. The molecule has 0 saturated carbocycles. The molecule has 0 saturated heterocycles. The molecule has 0 aliphatic heterocycles. The van der Waals surface area contributed by atoms with E-state index in [2.05, 4.69) is 10.3 Å². The van der Waals surface area contributed by atoms with E-state index in [1.165, 1.54) is 18.2 Å². The van der Waals surface area contributed by atoms with Crippen LogP contribution < -0.4 is 5.32 Å². The molecule has 0 aliphatic rings. The molecule has 3 nitrogen and oxygen atoms in total. The third-order valence-electron chi connectivity index (χ3n) is 2.86. The van der Waals surface area contributed by atoms with E-state index < -0.39 is 5.95 Å². The average Bonchev–Trinajstić information content (AvgIpc) is 2.45. The molecule has 0 aliphatic carbocycles. The van der Waals surface area contributed by atoms with Crippen molar-refractivity contribution in [2.45, 2.75) is 19.4 Å². The Kier molecular flexibility index (Phi) is 4.23. The largest absolute Gasteiger partial charge is 0.344 e. The summed E-state index contributed by atoms with van der Waals surface area (Å²) in [5, 5.41) is 2.86. The van der Waals surface area contributed by atoms with Crippen LogP contribution >= 0.6 is 0 Å². The average molecular weight is 258 g/mol. The summed E-state index contributed by atoms with van der Waals surface area (Å²) in [5.74, 6) is -1.02. The van der Waals surface area contributed by atoms with Crippen LogP contribution in [0.25, 0.3) is 0 Å².